The van der Waals surface area contributed by atoms with E-state index in [4.69, 9.17) is 11.6 Å². The van der Waals surface area contributed by atoms with Crippen molar-refractivity contribution in [3.05, 3.63) is 34.3 Å². The van der Waals surface area contributed by atoms with Crippen LogP contribution >= 0.6 is 11.6 Å². The average Bonchev–Trinajstić information content (AvgIpc) is 2.04. The van der Waals surface area contributed by atoms with Crippen LogP contribution in [-0.2, 0) is 6.54 Å². The summed E-state index contributed by atoms with van der Waals surface area (Å²) in [6.07, 6.45) is 0. The first-order chi connectivity index (χ1) is 6.15. The van der Waals surface area contributed by atoms with Gasteiger partial charge in [-0.2, -0.15) is 0 Å². The van der Waals surface area contributed by atoms with Gasteiger partial charge >= 0.3 is 0 Å². The Bertz CT molecular complexity index is 281. The fraction of sp³-hybridized carbons (Fsp3) is 0.455. The van der Waals surface area contributed by atoms with Crippen LogP contribution in [0.5, 0.6) is 0 Å². The molecule has 0 aliphatic carbocycles. The van der Waals surface area contributed by atoms with Crippen molar-refractivity contribution in [2.45, 2.75) is 26.3 Å². The standard InChI is InChI=1S/C11H16ClN/c1-8(2)11-5-4-10(12)6-9(11)7-13-3/h4-6,8,13H,7H2,1-3H3. The summed E-state index contributed by atoms with van der Waals surface area (Å²) in [5.74, 6) is 0.556. The molecule has 0 fully saturated rings. The Labute approximate surface area is 85.1 Å². The first-order valence-electron chi connectivity index (χ1n) is 4.58. The van der Waals surface area contributed by atoms with Gasteiger partial charge in [-0.25, -0.2) is 0 Å². The van der Waals surface area contributed by atoms with E-state index in [9.17, 15) is 0 Å². The van der Waals surface area contributed by atoms with Gasteiger partial charge < -0.3 is 5.32 Å². The van der Waals surface area contributed by atoms with E-state index in [1.807, 2.05) is 19.2 Å². The molecule has 0 spiro atoms. The lowest BCUT2D eigenvalue weighted by atomic mass is 9.97. The molecule has 13 heavy (non-hydrogen) atoms. The highest BCUT2D eigenvalue weighted by Crippen LogP contribution is 2.22. The highest BCUT2D eigenvalue weighted by Gasteiger charge is 2.05. The monoisotopic (exact) mass is 197 g/mol. The SMILES string of the molecule is CNCc1cc(Cl)ccc1C(C)C. The maximum Gasteiger partial charge on any atom is 0.0409 e. The van der Waals surface area contributed by atoms with E-state index in [1.165, 1.54) is 11.1 Å². The number of rotatable bonds is 3. The molecule has 1 rings (SSSR count). The molecule has 1 nitrogen and oxygen atoms in total. The maximum absolute atomic E-state index is 5.93. The predicted molar refractivity (Wildman–Crippen MR) is 58.3 cm³/mol. The molecule has 1 aromatic carbocycles. The summed E-state index contributed by atoms with van der Waals surface area (Å²) in [5.41, 5.74) is 2.67. The van der Waals surface area contributed by atoms with Crippen LogP contribution in [0.3, 0.4) is 0 Å². The van der Waals surface area contributed by atoms with Gasteiger partial charge in [0.1, 0.15) is 0 Å². The smallest absolute Gasteiger partial charge is 0.0409 e. The summed E-state index contributed by atoms with van der Waals surface area (Å²) < 4.78 is 0. The van der Waals surface area contributed by atoms with Crippen molar-refractivity contribution < 1.29 is 0 Å². The Morgan fingerprint density at radius 2 is 2.08 bits per heavy atom. The molecule has 0 bridgehead atoms. The molecular weight excluding hydrogens is 182 g/mol. The van der Waals surface area contributed by atoms with Gasteiger partial charge in [0.05, 0.1) is 0 Å². The van der Waals surface area contributed by atoms with Crippen LogP contribution in [0.4, 0.5) is 0 Å². The summed E-state index contributed by atoms with van der Waals surface area (Å²) in [6, 6.07) is 6.10. The van der Waals surface area contributed by atoms with Gasteiger partial charge in [0.15, 0.2) is 0 Å². The lowest BCUT2D eigenvalue weighted by Gasteiger charge is -2.12. The van der Waals surface area contributed by atoms with Gasteiger partial charge in [0.2, 0.25) is 0 Å². The highest BCUT2D eigenvalue weighted by molar-refractivity contribution is 6.30. The Balaban J connectivity index is 3.03. The molecule has 0 unspecified atom stereocenters. The zero-order valence-electron chi connectivity index (χ0n) is 8.39. The Morgan fingerprint density at radius 1 is 1.38 bits per heavy atom. The van der Waals surface area contributed by atoms with Gasteiger partial charge in [0.25, 0.3) is 0 Å². The van der Waals surface area contributed by atoms with Gasteiger partial charge in [-0.1, -0.05) is 31.5 Å². The molecule has 0 aliphatic heterocycles. The van der Waals surface area contributed by atoms with Crippen LogP contribution in [0.1, 0.15) is 30.9 Å². The van der Waals surface area contributed by atoms with E-state index in [0.717, 1.165) is 11.6 Å². The summed E-state index contributed by atoms with van der Waals surface area (Å²) in [4.78, 5) is 0. The van der Waals surface area contributed by atoms with Gasteiger partial charge in [-0.15, -0.1) is 0 Å². The molecule has 1 N–H and O–H groups in total. The molecule has 0 radical (unpaired) electrons. The summed E-state index contributed by atoms with van der Waals surface area (Å²) in [6.45, 7) is 5.28. The molecule has 0 heterocycles. The van der Waals surface area contributed by atoms with Gasteiger partial charge in [0, 0.05) is 11.6 Å². The molecular formula is C11H16ClN. The first-order valence-corrected chi connectivity index (χ1v) is 4.96. The van der Waals surface area contributed by atoms with E-state index in [2.05, 4.69) is 25.2 Å². The third kappa shape index (κ3) is 2.71. The minimum Gasteiger partial charge on any atom is -0.316 e. The highest BCUT2D eigenvalue weighted by atomic mass is 35.5. The Morgan fingerprint density at radius 3 is 2.62 bits per heavy atom. The van der Waals surface area contributed by atoms with E-state index in [1.54, 1.807) is 0 Å². The van der Waals surface area contributed by atoms with Crippen molar-refractivity contribution in [1.29, 1.82) is 0 Å². The maximum atomic E-state index is 5.93. The molecule has 0 amide bonds. The second-order valence-corrected chi connectivity index (χ2v) is 3.96. The molecule has 0 saturated heterocycles. The number of hydrogen-bond donors (Lipinski definition) is 1. The number of nitrogens with one attached hydrogen (secondary N) is 1. The third-order valence-electron chi connectivity index (χ3n) is 2.09. The summed E-state index contributed by atoms with van der Waals surface area (Å²) >= 11 is 5.93. The zero-order valence-corrected chi connectivity index (χ0v) is 9.15. The molecule has 0 saturated carbocycles. The fourth-order valence-electron chi connectivity index (χ4n) is 1.48. The van der Waals surface area contributed by atoms with E-state index in [0.29, 0.717) is 5.92 Å². The van der Waals surface area contributed by atoms with Crippen molar-refractivity contribution in [1.82, 2.24) is 5.32 Å². The van der Waals surface area contributed by atoms with Crippen LogP contribution in [0.25, 0.3) is 0 Å². The van der Waals surface area contributed by atoms with Crippen LogP contribution in [0, 0.1) is 0 Å². The van der Waals surface area contributed by atoms with E-state index < -0.39 is 0 Å². The summed E-state index contributed by atoms with van der Waals surface area (Å²) in [7, 11) is 1.95. The van der Waals surface area contributed by atoms with Crippen molar-refractivity contribution in [2.75, 3.05) is 7.05 Å². The van der Waals surface area contributed by atoms with E-state index >= 15 is 0 Å². The second kappa shape index (κ2) is 4.64. The average molecular weight is 198 g/mol. The summed E-state index contributed by atoms with van der Waals surface area (Å²) in [5, 5.41) is 3.96. The lowest BCUT2D eigenvalue weighted by molar-refractivity contribution is 0.776. The normalized spacial score (nSPS) is 10.8. The van der Waals surface area contributed by atoms with Gasteiger partial charge in [-0.3, -0.25) is 0 Å². The number of hydrogen-bond acceptors (Lipinski definition) is 1. The van der Waals surface area contributed by atoms with E-state index in [-0.39, 0.29) is 0 Å². The molecule has 0 aliphatic rings. The minimum absolute atomic E-state index is 0.556. The molecule has 72 valence electrons. The lowest BCUT2D eigenvalue weighted by Crippen LogP contribution is -2.08. The second-order valence-electron chi connectivity index (χ2n) is 3.53. The van der Waals surface area contributed by atoms with Crippen LogP contribution in [0.2, 0.25) is 5.02 Å². The number of halogens is 1. The molecule has 0 atom stereocenters. The van der Waals surface area contributed by atoms with Crippen molar-refractivity contribution in [3.63, 3.8) is 0 Å². The number of benzene rings is 1. The Kier molecular flexibility index (Phi) is 3.76. The van der Waals surface area contributed by atoms with Crippen molar-refractivity contribution in [3.8, 4) is 0 Å². The minimum atomic E-state index is 0.556. The molecule has 1 aromatic rings. The van der Waals surface area contributed by atoms with Crippen LogP contribution in [0.15, 0.2) is 18.2 Å². The fourth-order valence-corrected chi connectivity index (χ4v) is 1.68. The first kappa shape index (κ1) is 10.6. The topological polar surface area (TPSA) is 12.0 Å². The molecule has 0 aromatic heterocycles. The third-order valence-corrected chi connectivity index (χ3v) is 2.33. The zero-order chi connectivity index (χ0) is 9.84. The van der Waals surface area contributed by atoms with Crippen LogP contribution < -0.4 is 5.32 Å². The van der Waals surface area contributed by atoms with Gasteiger partial charge in [-0.05, 0) is 36.2 Å². The molecule has 2 heteroatoms. The van der Waals surface area contributed by atoms with Crippen molar-refractivity contribution >= 4 is 11.6 Å². The van der Waals surface area contributed by atoms with Crippen LogP contribution in [-0.4, -0.2) is 7.05 Å². The predicted octanol–water partition coefficient (Wildman–Crippen LogP) is 3.18. The largest absolute Gasteiger partial charge is 0.316 e. The van der Waals surface area contributed by atoms with Crippen molar-refractivity contribution in [2.24, 2.45) is 0 Å². The quantitative estimate of drug-likeness (QED) is 0.785. The Hall–Kier alpha value is -0.530.